The molecule has 0 aliphatic heterocycles. The van der Waals surface area contributed by atoms with Gasteiger partial charge in [-0.1, -0.05) is 0 Å². The standard InChI is InChI=1S/C11H18N6/c1-13-4-3-10-11(17-8-16-10)7-15-6-9(12)5-14-2/h5-6,8,13H,2-4,7,12H2,1H3,(H,16,17)/b9-5+,15-6?. The maximum Gasteiger partial charge on any atom is 0.0925 e. The van der Waals surface area contributed by atoms with Crippen molar-refractivity contribution in [1.29, 1.82) is 0 Å². The Morgan fingerprint density at radius 2 is 2.53 bits per heavy atom. The average Bonchev–Trinajstić information content (AvgIpc) is 2.74. The minimum Gasteiger partial charge on any atom is -0.396 e. The van der Waals surface area contributed by atoms with Crippen LogP contribution in [0.2, 0.25) is 0 Å². The van der Waals surface area contributed by atoms with Gasteiger partial charge in [0, 0.05) is 19.2 Å². The number of nitrogens with zero attached hydrogens (tertiary/aromatic N) is 3. The molecule has 6 heteroatoms. The van der Waals surface area contributed by atoms with E-state index in [0.29, 0.717) is 12.2 Å². The first-order chi connectivity index (χ1) is 8.27. The number of likely N-dealkylation sites (N-methyl/N-ethyl adjacent to an activating group) is 1. The molecule has 4 N–H and O–H groups in total. The van der Waals surface area contributed by atoms with Crippen molar-refractivity contribution >= 4 is 12.9 Å². The van der Waals surface area contributed by atoms with E-state index >= 15 is 0 Å². The van der Waals surface area contributed by atoms with Crippen molar-refractivity contribution < 1.29 is 0 Å². The first-order valence-electron chi connectivity index (χ1n) is 5.35. The van der Waals surface area contributed by atoms with E-state index in [1.54, 1.807) is 12.5 Å². The first kappa shape index (κ1) is 13.1. The summed E-state index contributed by atoms with van der Waals surface area (Å²) in [5.74, 6) is 0. The fraction of sp³-hybridized carbons (Fsp3) is 0.364. The Bertz CT molecular complexity index is 404. The summed E-state index contributed by atoms with van der Waals surface area (Å²) in [4.78, 5) is 15.1. The van der Waals surface area contributed by atoms with Crippen LogP contribution in [-0.2, 0) is 13.0 Å². The highest BCUT2D eigenvalue weighted by Crippen LogP contribution is 2.04. The molecule has 0 radical (unpaired) electrons. The van der Waals surface area contributed by atoms with Crippen LogP contribution in [-0.4, -0.2) is 36.5 Å². The lowest BCUT2D eigenvalue weighted by Crippen LogP contribution is -2.11. The summed E-state index contributed by atoms with van der Waals surface area (Å²) in [5, 5.41) is 3.08. The molecule has 6 nitrogen and oxygen atoms in total. The van der Waals surface area contributed by atoms with Gasteiger partial charge < -0.3 is 16.0 Å². The third kappa shape index (κ3) is 4.60. The molecule has 0 fully saturated rings. The first-order valence-corrected chi connectivity index (χ1v) is 5.35. The molecule has 0 saturated heterocycles. The van der Waals surface area contributed by atoms with Crippen LogP contribution in [0, 0.1) is 0 Å². The third-order valence-corrected chi connectivity index (χ3v) is 2.15. The maximum absolute atomic E-state index is 5.58. The normalized spacial score (nSPS) is 12.2. The smallest absolute Gasteiger partial charge is 0.0925 e. The van der Waals surface area contributed by atoms with Gasteiger partial charge in [-0.25, -0.2) is 4.98 Å². The van der Waals surface area contributed by atoms with Gasteiger partial charge in [0.05, 0.1) is 36.2 Å². The summed E-state index contributed by atoms with van der Waals surface area (Å²) >= 11 is 0. The molecule has 0 amide bonds. The lowest BCUT2D eigenvalue weighted by Gasteiger charge is -1.99. The van der Waals surface area contributed by atoms with Crippen molar-refractivity contribution in [3.63, 3.8) is 0 Å². The highest BCUT2D eigenvalue weighted by atomic mass is 14.9. The minimum absolute atomic E-state index is 0.483. The van der Waals surface area contributed by atoms with Crippen molar-refractivity contribution in [2.45, 2.75) is 13.0 Å². The van der Waals surface area contributed by atoms with E-state index in [0.717, 1.165) is 24.4 Å². The fourth-order valence-corrected chi connectivity index (χ4v) is 1.33. The second-order valence-electron chi connectivity index (χ2n) is 3.46. The van der Waals surface area contributed by atoms with Gasteiger partial charge in [0.15, 0.2) is 0 Å². The van der Waals surface area contributed by atoms with Crippen molar-refractivity contribution in [3.8, 4) is 0 Å². The van der Waals surface area contributed by atoms with E-state index in [4.69, 9.17) is 5.73 Å². The largest absolute Gasteiger partial charge is 0.396 e. The lowest BCUT2D eigenvalue weighted by molar-refractivity contribution is 0.770. The van der Waals surface area contributed by atoms with Crippen LogP contribution >= 0.6 is 0 Å². The summed E-state index contributed by atoms with van der Waals surface area (Å²) < 4.78 is 0. The summed E-state index contributed by atoms with van der Waals surface area (Å²) in [6, 6.07) is 0. The molecule has 0 aromatic carbocycles. The van der Waals surface area contributed by atoms with E-state index in [2.05, 4.69) is 32.0 Å². The van der Waals surface area contributed by atoms with Crippen LogP contribution in [0.1, 0.15) is 11.4 Å². The summed E-state index contributed by atoms with van der Waals surface area (Å²) in [5.41, 5.74) is 8.11. The van der Waals surface area contributed by atoms with Crippen molar-refractivity contribution in [1.82, 2.24) is 15.3 Å². The lowest BCUT2D eigenvalue weighted by atomic mass is 10.2. The highest BCUT2D eigenvalue weighted by molar-refractivity contribution is 5.77. The van der Waals surface area contributed by atoms with E-state index in [1.165, 1.54) is 6.20 Å². The highest BCUT2D eigenvalue weighted by Gasteiger charge is 2.03. The minimum atomic E-state index is 0.483. The molecule has 0 unspecified atom stereocenters. The Hall–Kier alpha value is -1.95. The number of aromatic nitrogens is 2. The van der Waals surface area contributed by atoms with Crippen LogP contribution < -0.4 is 11.1 Å². The number of allylic oxidation sites excluding steroid dienone is 1. The zero-order valence-electron chi connectivity index (χ0n) is 9.98. The predicted octanol–water partition coefficient (Wildman–Crippen LogP) is 0.243. The predicted molar refractivity (Wildman–Crippen MR) is 70.2 cm³/mol. The van der Waals surface area contributed by atoms with Crippen molar-refractivity contribution in [3.05, 3.63) is 29.6 Å². The van der Waals surface area contributed by atoms with Crippen LogP contribution in [0.3, 0.4) is 0 Å². The van der Waals surface area contributed by atoms with Gasteiger partial charge in [-0.05, 0) is 13.8 Å². The number of hydrogen-bond acceptors (Lipinski definition) is 5. The zero-order valence-corrected chi connectivity index (χ0v) is 9.98. The van der Waals surface area contributed by atoms with Crippen LogP contribution in [0.15, 0.2) is 28.2 Å². The van der Waals surface area contributed by atoms with E-state index in [1.807, 2.05) is 7.05 Å². The van der Waals surface area contributed by atoms with Crippen LogP contribution in [0.25, 0.3) is 0 Å². The van der Waals surface area contributed by atoms with Gasteiger partial charge in [0.2, 0.25) is 0 Å². The molecule has 92 valence electrons. The molecule has 0 atom stereocenters. The second-order valence-corrected chi connectivity index (χ2v) is 3.46. The third-order valence-electron chi connectivity index (χ3n) is 2.15. The number of aliphatic imine (C=N–C) groups is 2. The Labute approximate surface area is 101 Å². The maximum atomic E-state index is 5.58. The van der Waals surface area contributed by atoms with Gasteiger partial charge in [0.1, 0.15) is 0 Å². The molecule has 17 heavy (non-hydrogen) atoms. The van der Waals surface area contributed by atoms with Gasteiger partial charge in [-0.3, -0.25) is 9.98 Å². The molecule has 0 bridgehead atoms. The number of rotatable bonds is 7. The van der Waals surface area contributed by atoms with Gasteiger partial charge in [0.25, 0.3) is 0 Å². The SMILES string of the molecule is C=N/C=C(/N)C=NCc1[nH]cnc1CCNC. The average molecular weight is 234 g/mol. The molecule has 0 spiro atoms. The van der Waals surface area contributed by atoms with Crippen molar-refractivity contribution in [2.75, 3.05) is 13.6 Å². The Morgan fingerprint density at radius 3 is 3.24 bits per heavy atom. The van der Waals surface area contributed by atoms with E-state index in [9.17, 15) is 0 Å². The molecule has 0 aliphatic carbocycles. The van der Waals surface area contributed by atoms with Gasteiger partial charge in [-0.2, -0.15) is 0 Å². The number of imidazole rings is 1. The number of nitrogens with two attached hydrogens (primary N) is 1. The number of nitrogens with one attached hydrogen (secondary N) is 2. The molecule has 1 heterocycles. The van der Waals surface area contributed by atoms with Crippen LogP contribution in [0.5, 0.6) is 0 Å². The summed E-state index contributed by atoms with van der Waals surface area (Å²) in [6.07, 6.45) is 5.58. The Balaban J connectivity index is 2.54. The second kappa shape index (κ2) is 7.34. The Morgan fingerprint density at radius 1 is 1.71 bits per heavy atom. The molecule has 0 aliphatic rings. The molecular formula is C11H18N6. The zero-order chi connectivity index (χ0) is 12.5. The van der Waals surface area contributed by atoms with E-state index < -0.39 is 0 Å². The van der Waals surface area contributed by atoms with E-state index in [-0.39, 0.29) is 0 Å². The molecule has 1 rings (SSSR count). The van der Waals surface area contributed by atoms with Crippen LogP contribution in [0.4, 0.5) is 0 Å². The molecule has 1 aromatic rings. The Kier molecular flexibility index (Phi) is 5.67. The summed E-state index contributed by atoms with van der Waals surface area (Å²) in [6.45, 7) is 4.74. The number of H-pyrrole nitrogens is 1. The number of hydrogen-bond donors (Lipinski definition) is 3. The van der Waals surface area contributed by atoms with Gasteiger partial charge in [-0.15, -0.1) is 0 Å². The topological polar surface area (TPSA) is 91.5 Å². The fourth-order valence-electron chi connectivity index (χ4n) is 1.33. The molecule has 0 saturated carbocycles. The monoisotopic (exact) mass is 234 g/mol. The number of aromatic amines is 1. The summed E-state index contributed by atoms with van der Waals surface area (Å²) in [7, 11) is 1.91. The molecule has 1 aromatic heterocycles. The van der Waals surface area contributed by atoms with Gasteiger partial charge >= 0.3 is 0 Å². The van der Waals surface area contributed by atoms with Crippen molar-refractivity contribution in [2.24, 2.45) is 15.7 Å². The quantitative estimate of drug-likeness (QED) is 0.590. The molecular weight excluding hydrogens is 216 g/mol.